The molecule has 5 heteroatoms. The van der Waals surface area contributed by atoms with Gasteiger partial charge in [0.15, 0.2) is 11.5 Å². The Bertz CT molecular complexity index is 522. The minimum atomic E-state index is 0.0293. The van der Waals surface area contributed by atoms with Crippen molar-refractivity contribution in [2.75, 3.05) is 6.79 Å². The van der Waals surface area contributed by atoms with Gasteiger partial charge in [0.1, 0.15) is 0 Å². The number of nitrogens with zero attached hydrogens (tertiary/aromatic N) is 1. The lowest BCUT2D eigenvalue weighted by Crippen LogP contribution is -2.28. The minimum absolute atomic E-state index is 0.0293. The number of benzene rings is 1. The van der Waals surface area contributed by atoms with Gasteiger partial charge in [0.25, 0.3) is 0 Å². The third kappa shape index (κ3) is 2.92. The van der Waals surface area contributed by atoms with Gasteiger partial charge in [-0.05, 0) is 36.6 Å². The number of amides is 1. The molecule has 20 heavy (non-hydrogen) atoms. The maximum absolute atomic E-state index is 11.9. The molecule has 5 nitrogen and oxygen atoms in total. The summed E-state index contributed by atoms with van der Waals surface area (Å²) in [6.07, 6.45) is 7.11. The zero-order chi connectivity index (χ0) is 13.8. The quantitative estimate of drug-likeness (QED) is 0.680. The Morgan fingerprint density at radius 3 is 2.85 bits per heavy atom. The summed E-state index contributed by atoms with van der Waals surface area (Å²) in [7, 11) is 0. The molecule has 1 aliphatic heterocycles. The summed E-state index contributed by atoms with van der Waals surface area (Å²) in [6, 6.07) is 5.56. The van der Waals surface area contributed by atoms with E-state index in [4.69, 9.17) is 9.47 Å². The Labute approximate surface area is 118 Å². The van der Waals surface area contributed by atoms with Crippen LogP contribution in [0.5, 0.6) is 11.5 Å². The first-order valence-electron chi connectivity index (χ1n) is 7.05. The highest BCUT2D eigenvalue weighted by Gasteiger charge is 2.20. The SMILES string of the molecule is O=C(N/N=C/c1ccc2c(c1)OCO2)C1CCCCC1. The van der Waals surface area contributed by atoms with Gasteiger partial charge in [0.2, 0.25) is 12.7 Å². The number of nitrogens with one attached hydrogen (secondary N) is 1. The summed E-state index contributed by atoms with van der Waals surface area (Å²) < 4.78 is 10.5. The van der Waals surface area contributed by atoms with Crippen LogP contribution in [-0.4, -0.2) is 18.9 Å². The van der Waals surface area contributed by atoms with E-state index in [-0.39, 0.29) is 18.6 Å². The highest BCUT2D eigenvalue weighted by Crippen LogP contribution is 2.32. The van der Waals surface area contributed by atoms with Gasteiger partial charge in [0.05, 0.1) is 6.21 Å². The smallest absolute Gasteiger partial charge is 0.243 e. The van der Waals surface area contributed by atoms with E-state index in [1.807, 2.05) is 18.2 Å². The van der Waals surface area contributed by atoms with Crippen molar-refractivity contribution in [3.8, 4) is 11.5 Å². The summed E-state index contributed by atoms with van der Waals surface area (Å²) in [5.74, 6) is 1.61. The van der Waals surface area contributed by atoms with Gasteiger partial charge in [-0.2, -0.15) is 5.10 Å². The zero-order valence-electron chi connectivity index (χ0n) is 11.3. The van der Waals surface area contributed by atoms with Crippen LogP contribution in [0.15, 0.2) is 23.3 Å². The molecule has 1 amide bonds. The van der Waals surface area contributed by atoms with Crippen LogP contribution in [0.4, 0.5) is 0 Å². The molecule has 0 spiro atoms. The average molecular weight is 274 g/mol. The molecule has 0 atom stereocenters. The van der Waals surface area contributed by atoms with E-state index >= 15 is 0 Å². The highest BCUT2D eigenvalue weighted by molar-refractivity contribution is 5.84. The van der Waals surface area contributed by atoms with E-state index in [1.165, 1.54) is 6.42 Å². The standard InChI is InChI=1S/C15H18N2O3/c18-15(12-4-2-1-3-5-12)17-16-9-11-6-7-13-14(8-11)20-10-19-13/h6-9,12H,1-5,10H2,(H,17,18)/b16-9+. The molecule has 106 valence electrons. The van der Waals surface area contributed by atoms with E-state index in [2.05, 4.69) is 10.5 Å². The summed E-state index contributed by atoms with van der Waals surface area (Å²) in [4.78, 5) is 11.9. The molecule has 1 aliphatic carbocycles. The zero-order valence-corrected chi connectivity index (χ0v) is 11.3. The lowest BCUT2D eigenvalue weighted by Gasteiger charge is -2.19. The van der Waals surface area contributed by atoms with Crippen molar-refractivity contribution in [1.29, 1.82) is 0 Å². The number of carbonyl (C=O) groups is 1. The van der Waals surface area contributed by atoms with E-state index in [1.54, 1.807) is 6.21 Å². The number of ether oxygens (including phenoxy) is 2. The number of rotatable bonds is 3. The molecule has 1 fully saturated rings. The molecule has 2 aliphatic rings. The number of fused-ring (bicyclic) bond motifs is 1. The maximum Gasteiger partial charge on any atom is 0.243 e. The number of hydrogen-bond donors (Lipinski definition) is 1. The predicted molar refractivity (Wildman–Crippen MR) is 74.9 cm³/mol. The third-order valence-corrected chi connectivity index (χ3v) is 3.76. The molecule has 3 rings (SSSR count). The molecule has 1 N–H and O–H groups in total. The number of carbonyl (C=O) groups excluding carboxylic acids is 1. The second-order valence-electron chi connectivity index (χ2n) is 5.18. The lowest BCUT2D eigenvalue weighted by atomic mass is 9.89. The average Bonchev–Trinajstić information content (AvgIpc) is 2.95. The Morgan fingerprint density at radius 1 is 1.20 bits per heavy atom. The summed E-state index contributed by atoms with van der Waals surface area (Å²) >= 11 is 0. The molecular formula is C15H18N2O3. The fourth-order valence-corrected chi connectivity index (χ4v) is 2.62. The Morgan fingerprint density at radius 2 is 2.00 bits per heavy atom. The minimum Gasteiger partial charge on any atom is -0.454 e. The van der Waals surface area contributed by atoms with Crippen LogP contribution in [0.2, 0.25) is 0 Å². The van der Waals surface area contributed by atoms with Crippen LogP contribution in [0.3, 0.4) is 0 Å². The first-order valence-corrected chi connectivity index (χ1v) is 7.05. The Hall–Kier alpha value is -2.04. The number of hydrogen-bond acceptors (Lipinski definition) is 4. The second-order valence-corrected chi connectivity index (χ2v) is 5.18. The van der Waals surface area contributed by atoms with Crippen LogP contribution in [0.1, 0.15) is 37.7 Å². The molecule has 1 aromatic rings. The summed E-state index contributed by atoms with van der Waals surface area (Å²) in [5.41, 5.74) is 3.50. The second kappa shape index (κ2) is 5.94. The fourth-order valence-electron chi connectivity index (χ4n) is 2.62. The van der Waals surface area contributed by atoms with Crippen molar-refractivity contribution in [3.05, 3.63) is 23.8 Å². The van der Waals surface area contributed by atoms with Gasteiger partial charge in [0, 0.05) is 5.92 Å². The third-order valence-electron chi connectivity index (χ3n) is 3.76. The monoisotopic (exact) mass is 274 g/mol. The van der Waals surface area contributed by atoms with Gasteiger partial charge < -0.3 is 9.47 Å². The first kappa shape index (κ1) is 13.0. The van der Waals surface area contributed by atoms with Gasteiger partial charge in [-0.15, -0.1) is 0 Å². The molecule has 1 aromatic carbocycles. The molecular weight excluding hydrogens is 256 g/mol. The van der Waals surface area contributed by atoms with E-state index in [0.29, 0.717) is 5.75 Å². The molecule has 0 radical (unpaired) electrons. The van der Waals surface area contributed by atoms with Crippen molar-refractivity contribution in [2.45, 2.75) is 32.1 Å². The Kier molecular flexibility index (Phi) is 3.85. The molecule has 0 aromatic heterocycles. The van der Waals surface area contributed by atoms with Gasteiger partial charge in [-0.3, -0.25) is 4.79 Å². The van der Waals surface area contributed by atoms with E-state index < -0.39 is 0 Å². The molecule has 0 unspecified atom stereocenters. The van der Waals surface area contributed by atoms with E-state index in [9.17, 15) is 4.79 Å². The Balaban J connectivity index is 1.56. The fraction of sp³-hybridized carbons (Fsp3) is 0.467. The van der Waals surface area contributed by atoms with Crippen LogP contribution in [-0.2, 0) is 4.79 Å². The van der Waals surface area contributed by atoms with Crippen LogP contribution in [0, 0.1) is 5.92 Å². The first-order chi connectivity index (χ1) is 9.83. The summed E-state index contributed by atoms with van der Waals surface area (Å²) in [6.45, 7) is 0.258. The van der Waals surface area contributed by atoms with Crippen molar-refractivity contribution < 1.29 is 14.3 Å². The molecule has 0 saturated heterocycles. The largest absolute Gasteiger partial charge is 0.454 e. The lowest BCUT2D eigenvalue weighted by molar-refractivity contribution is -0.125. The van der Waals surface area contributed by atoms with Crippen LogP contribution < -0.4 is 14.9 Å². The number of hydrazone groups is 1. The molecule has 0 bridgehead atoms. The topological polar surface area (TPSA) is 59.9 Å². The van der Waals surface area contributed by atoms with Gasteiger partial charge in [-0.1, -0.05) is 19.3 Å². The highest BCUT2D eigenvalue weighted by atomic mass is 16.7. The maximum atomic E-state index is 11.9. The van der Waals surface area contributed by atoms with Crippen molar-refractivity contribution in [3.63, 3.8) is 0 Å². The van der Waals surface area contributed by atoms with Gasteiger partial charge in [-0.25, -0.2) is 5.43 Å². The van der Waals surface area contributed by atoms with E-state index in [0.717, 1.165) is 37.0 Å². The van der Waals surface area contributed by atoms with Gasteiger partial charge >= 0.3 is 0 Å². The van der Waals surface area contributed by atoms with Crippen molar-refractivity contribution in [2.24, 2.45) is 11.0 Å². The molecule has 1 saturated carbocycles. The van der Waals surface area contributed by atoms with Crippen molar-refractivity contribution >= 4 is 12.1 Å². The van der Waals surface area contributed by atoms with Crippen LogP contribution in [0.25, 0.3) is 0 Å². The predicted octanol–water partition coefficient (Wildman–Crippen LogP) is 2.45. The summed E-state index contributed by atoms with van der Waals surface area (Å²) in [5, 5.41) is 4.02. The molecule has 1 heterocycles. The van der Waals surface area contributed by atoms with Crippen molar-refractivity contribution in [1.82, 2.24) is 5.43 Å². The normalized spacial score (nSPS) is 18.4. The van der Waals surface area contributed by atoms with Crippen LogP contribution >= 0.6 is 0 Å².